The van der Waals surface area contributed by atoms with Crippen LogP contribution in [0.25, 0.3) is 10.9 Å². The SMILES string of the molecule is [O-][n+]1cccc2c(I)cccc21. The molecule has 2 rings (SSSR count). The fourth-order valence-electron chi connectivity index (χ4n) is 1.18. The van der Waals surface area contributed by atoms with Crippen LogP contribution in [0, 0.1) is 8.78 Å². The Morgan fingerprint density at radius 2 is 2.00 bits per heavy atom. The Bertz CT molecular complexity index is 387. The average molecular weight is 271 g/mol. The molecule has 2 aromatic rings. The summed E-state index contributed by atoms with van der Waals surface area (Å²) in [6.07, 6.45) is 1.51. The molecule has 0 aliphatic carbocycles. The van der Waals surface area contributed by atoms with E-state index in [2.05, 4.69) is 22.6 Å². The first kappa shape index (κ1) is 7.79. The standard InChI is InChI=1S/C9H6INO/c10-8-4-1-5-9-7(8)3-2-6-11(9)12/h1-6H. The summed E-state index contributed by atoms with van der Waals surface area (Å²) in [4.78, 5) is 0. The zero-order valence-corrected chi connectivity index (χ0v) is 8.36. The second-order valence-corrected chi connectivity index (χ2v) is 3.67. The molecule has 0 fully saturated rings. The Balaban J connectivity index is 2.94. The lowest BCUT2D eigenvalue weighted by atomic mass is 10.2. The van der Waals surface area contributed by atoms with Gasteiger partial charge in [-0.1, -0.05) is 6.07 Å². The number of hydrogen-bond donors (Lipinski definition) is 0. The lowest BCUT2D eigenvalue weighted by Gasteiger charge is -2.00. The van der Waals surface area contributed by atoms with Gasteiger partial charge in [0.2, 0.25) is 5.52 Å². The molecule has 0 aliphatic rings. The quantitative estimate of drug-likeness (QED) is 0.409. The van der Waals surface area contributed by atoms with Crippen LogP contribution in [0.5, 0.6) is 0 Å². The molecule has 0 saturated heterocycles. The van der Waals surface area contributed by atoms with Crippen molar-refractivity contribution in [1.29, 1.82) is 0 Å². The summed E-state index contributed by atoms with van der Waals surface area (Å²) in [6.45, 7) is 0. The van der Waals surface area contributed by atoms with Crippen LogP contribution >= 0.6 is 22.6 Å². The average Bonchev–Trinajstić information content (AvgIpc) is 2.07. The van der Waals surface area contributed by atoms with E-state index in [1.54, 1.807) is 6.07 Å². The summed E-state index contributed by atoms with van der Waals surface area (Å²) in [6, 6.07) is 9.41. The molecule has 0 atom stereocenters. The zero-order chi connectivity index (χ0) is 8.55. The third-order valence-electron chi connectivity index (χ3n) is 1.75. The Kier molecular flexibility index (Phi) is 1.88. The molecule has 60 valence electrons. The third kappa shape index (κ3) is 1.14. The van der Waals surface area contributed by atoms with E-state index in [0.29, 0.717) is 0 Å². The molecular formula is C9H6INO. The van der Waals surface area contributed by atoms with Gasteiger partial charge >= 0.3 is 0 Å². The van der Waals surface area contributed by atoms with Crippen LogP contribution in [0.3, 0.4) is 0 Å². The molecule has 0 radical (unpaired) electrons. The van der Waals surface area contributed by atoms with Gasteiger partial charge in [0.1, 0.15) is 0 Å². The number of nitrogens with zero attached hydrogens (tertiary/aromatic N) is 1. The highest BCUT2D eigenvalue weighted by atomic mass is 127. The van der Waals surface area contributed by atoms with E-state index < -0.39 is 0 Å². The first-order valence-corrected chi connectivity index (χ1v) is 4.63. The van der Waals surface area contributed by atoms with Crippen molar-refractivity contribution in [3.63, 3.8) is 0 Å². The number of fused-ring (bicyclic) bond motifs is 1. The van der Waals surface area contributed by atoms with Crippen LogP contribution in [0.15, 0.2) is 36.5 Å². The minimum Gasteiger partial charge on any atom is -0.618 e. The fraction of sp³-hybridized carbons (Fsp3) is 0. The maximum atomic E-state index is 11.2. The van der Waals surface area contributed by atoms with Gasteiger partial charge in [0.15, 0.2) is 6.20 Å². The predicted molar refractivity (Wildman–Crippen MR) is 55.6 cm³/mol. The van der Waals surface area contributed by atoms with Crippen molar-refractivity contribution in [2.75, 3.05) is 0 Å². The summed E-state index contributed by atoms with van der Waals surface area (Å²) in [7, 11) is 0. The van der Waals surface area contributed by atoms with E-state index in [9.17, 15) is 5.21 Å². The van der Waals surface area contributed by atoms with Gasteiger partial charge in [0.25, 0.3) is 0 Å². The molecule has 0 bridgehead atoms. The van der Waals surface area contributed by atoms with E-state index in [4.69, 9.17) is 0 Å². The fourth-order valence-corrected chi connectivity index (χ4v) is 1.84. The van der Waals surface area contributed by atoms with Crippen LogP contribution in [-0.2, 0) is 0 Å². The van der Waals surface area contributed by atoms with Crippen LogP contribution < -0.4 is 4.73 Å². The van der Waals surface area contributed by atoms with Crippen molar-refractivity contribution in [3.05, 3.63) is 45.3 Å². The number of halogens is 1. The van der Waals surface area contributed by atoms with Crippen molar-refractivity contribution in [3.8, 4) is 0 Å². The van der Waals surface area contributed by atoms with Crippen LogP contribution in [0.2, 0.25) is 0 Å². The molecule has 1 heterocycles. The Hall–Kier alpha value is -0.840. The maximum Gasteiger partial charge on any atom is 0.224 e. The van der Waals surface area contributed by atoms with Gasteiger partial charge < -0.3 is 5.21 Å². The van der Waals surface area contributed by atoms with Crippen LogP contribution in [0.1, 0.15) is 0 Å². The summed E-state index contributed by atoms with van der Waals surface area (Å²) in [5.74, 6) is 0. The molecule has 12 heavy (non-hydrogen) atoms. The van der Waals surface area contributed by atoms with Crippen molar-refractivity contribution in [2.45, 2.75) is 0 Å². The minimum atomic E-state index is 0.726. The van der Waals surface area contributed by atoms with Crippen molar-refractivity contribution in [2.24, 2.45) is 0 Å². The van der Waals surface area contributed by atoms with E-state index in [1.165, 1.54) is 6.20 Å². The molecule has 3 heteroatoms. The van der Waals surface area contributed by atoms with Crippen molar-refractivity contribution >= 4 is 33.5 Å². The van der Waals surface area contributed by atoms with Gasteiger partial charge in [0.05, 0.1) is 5.39 Å². The molecule has 2 nitrogen and oxygen atoms in total. The van der Waals surface area contributed by atoms with Gasteiger partial charge in [0, 0.05) is 15.7 Å². The van der Waals surface area contributed by atoms with E-state index in [1.807, 2.05) is 24.3 Å². The van der Waals surface area contributed by atoms with Gasteiger partial charge in [-0.05, 0) is 34.7 Å². The highest BCUT2D eigenvalue weighted by molar-refractivity contribution is 14.1. The normalized spacial score (nSPS) is 10.4. The molecule has 1 aromatic carbocycles. The highest BCUT2D eigenvalue weighted by Gasteiger charge is 2.03. The predicted octanol–water partition coefficient (Wildman–Crippen LogP) is 2.08. The molecule has 0 spiro atoms. The number of aromatic nitrogens is 1. The molecule has 0 unspecified atom stereocenters. The molecule has 0 saturated carbocycles. The second-order valence-electron chi connectivity index (χ2n) is 2.51. The lowest BCUT2D eigenvalue weighted by Crippen LogP contribution is -2.25. The molecule has 0 N–H and O–H groups in total. The van der Waals surface area contributed by atoms with Crippen molar-refractivity contribution < 1.29 is 4.73 Å². The van der Waals surface area contributed by atoms with E-state index >= 15 is 0 Å². The van der Waals surface area contributed by atoms with Crippen LogP contribution in [0.4, 0.5) is 0 Å². The number of benzene rings is 1. The van der Waals surface area contributed by atoms with Gasteiger partial charge in [-0.15, -0.1) is 0 Å². The number of rotatable bonds is 0. The lowest BCUT2D eigenvalue weighted by molar-refractivity contribution is -0.577. The maximum absolute atomic E-state index is 11.2. The van der Waals surface area contributed by atoms with Gasteiger partial charge in [-0.3, -0.25) is 0 Å². The largest absolute Gasteiger partial charge is 0.618 e. The summed E-state index contributed by atoms with van der Waals surface area (Å²) < 4.78 is 1.99. The Labute approximate surface area is 83.6 Å². The number of hydrogen-bond acceptors (Lipinski definition) is 1. The number of pyridine rings is 1. The minimum absolute atomic E-state index is 0.726. The second kappa shape index (κ2) is 2.90. The summed E-state index contributed by atoms with van der Waals surface area (Å²) in [5.41, 5.74) is 0.726. The van der Waals surface area contributed by atoms with E-state index in [0.717, 1.165) is 19.2 Å². The Morgan fingerprint density at radius 1 is 1.17 bits per heavy atom. The monoisotopic (exact) mass is 271 g/mol. The smallest absolute Gasteiger partial charge is 0.224 e. The molecule has 0 aliphatic heterocycles. The molecular weight excluding hydrogens is 265 g/mol. The Morgan fingerprint density at radius 3 is 2.75 bits per heavy atom. The first-order chi connectivity index (χ1) is 5.79. The van der Waals surface area contributed by atoms with Crippen LogP contribution in [-0.4, -0.2) is 0 Å². The van der Waals surface area contributed by atoms with Gasteiger partial charge in [-0.25, -0.2) is 0 Å². The molecule has 0 amide bonds. The van der Waals surface area contributed by atoms with E-state index in [-0.39, 0.29) is 0 Å². The highest BCUT2D eigenvalue weighted by Crippen LogP contribution is 2.16. The summed E-state index contributed by atoms with van der Waals surface area (Å²) in [5, 5.41) is 12.3. The molecule has 1 aromatic heterocycles. The van der Waals surface area contributed by atoms with Gasteiger partial charge in [-0.2, -0.15) is 4.73 Å². The van der Waals surface area contributed by atoms with Crippen molar-refractivity contribution in [1.82, 2.24) is 0 Å². The first-order valence-electron chi connectivity index (χ1n) is 3.55. The topological polar surface area (TPSA) is 26.9 Å². The zero-order valence-electron chi connectivity index (χ0n) is 6.20. The summed E-state index contributed by atoms with van der Waals surface area (Å²) >= 11 is 2.22. The third-order valence-corrected chi connectivity index (χ3v) is 2.69.